The fourth-order valence-corrected chi connectivity index (χ4v) is 4.21. The highest BCUT2D eigenvalue weighted by Gasteiger charge is 2.22. The molecule has 1 aliphatic rings. The molecule has 1 atom stereocenters. The SMILES string of the molecule is CCc1ccsc1C(NC)c1cccc(C2CCC2)c1. The van der Waals surface area contributed by atoms with Crippen molar-refractivity contribution in [1.29, 1.82) is 0 Å². The maximum absolute atomic E-state index is 3.51. The van der Waals surface area contributed by atoms with E-state index in [4.69, 9.17) is 0 Å². The molecule has 0 amide bonds. The molecule has 0 saturated heterocycles. The van der Waals surface area contributed by atoms with Gasteiger partial charge in [-0.3, -0.25) is 0 Å². The van der Waals surface area contributed by atoms with E-state index in [0.29, 0.717) is 6.04 Å². The summed E-state index contributed by atoms with van der Waals surface area (Å²) in [4.78, 5) is 1.47. The number of rotatable bonds is 5. The molecule has 3 rings (SSSR count). The number of thiophene rings is 1. The molecule has 1 aromatic carbocycles. The molecule has 1 N–H and O–H groups in total. The Morgan fingerprint density at radius 1 is 1.30 bits per heavy atom. The fourth-order valence-electron chi connectivity index (χ4n) is 3.08. The molecular weight excluding hydrogens is 262 g/mol. The number of benzene rings is 1. The van der Waals surface area contributed by atoms with E-state index in [1.165, 1.54) is 40.8 Å². The second-order valence-corrected chi connectivity index (χ2v) is 6.63. The Hall–Kier alpha value is -1.12. The fraction of sp³-hybridized carbons (Fsp3) is 0.444. The lowest BCUT2D eigenvalue weighted by molar-refractivity contribution is 0.419. The van der Waals surface area contributed by atoms with Gasteiger partial charge >= 0.3 is 0 Å². The maximum Gasteiger partial charge on any atom is 0.0671 e. The molecule has 1 aliphatic carbocycles. The molecular formula is C18H23NS. The summed E-state index contributed by atoms with van der Waals surface area (Å²) in [6, 6.07) is 11.8. The van der Waals surface area contributed by atoms with Crippen LogP contribution in [0, 0.1) is 0 Å². The first-order chi connectivity index (χ1) is 9.83. The number of hydrogen-bond acceptors (Lipinski definition) is 2. The van der Waals surface area contributed by atoms with Crippen LogP contribution in [0.1, 0.15) is 59.7 Å². The first kappa shape index (κ1) is 13.8. The summed E-state index contributed by atoms with van der Waals surface area (Å²) in [5.41, 5.74) is 4.42. The van der Waals surface area contributed by atoms with Gasteiger partial charge < -0.3 is 5.32 Å². The van der Waals surface area contributed by atoms with E-state index in [0.717, 1.165) is 12.3 Å². The monoisotopic (exact) mass is 285 g/mol. The van der Waals surface area contributed by atoms with Crippen molar-refractivity contribution in [3.63, 3.8) is 0 Å². The van der Waals surface area contributed by atoms with E-state index in [1.807, 2.05) is 11.3 Å². The summed E-state index contributed by atoms with van der Waals surface area (Å²) in [6.07, 6.45) is 5.24. The average Bonchev–Trinajstić information content (AvgIpc) is 2.86. The zero-order chi connectivity index (χ0) is 13.9. The first-order valence-corrected chi connectivity index (χ1v) is 8.54. The number of nitrogens with one attached hydrogen (secondary N) is 1. The van der Waals surface area contributed by atoms with Gasteiger partial charge in [-0.05, 0) is 60.4 Å². The van der Waals surface area contributed by atoms with Crippen LogP contribution in [0.3, 0.4) is 0 Å². The molecule has 1 fully saturated rings. The third-order valence-electron chi connectivity index (χ3n) is 4.53. The lowest BCUT2D eigenvalue weighted by Crippen LogP contribution is -2.18. The second-order valence-electron chi connectivity index (χ2n) is 5.68. The van der Waals surface area contributed by atoms with Crippen LogP contribution in [0.15, 0.2) is 35.7 Å². The van der Waals surface area contributed by atoms with Crippen molar-refractivity contribution >= 4 is 11.3 Å². The number of hydrogen-bond donors (Lipinski definition) is 1. The lowest BCUT2D eigenvalue weighted by Gasteiger charge is -2.27. The smallest absolute Gasteiger partial charge is 0.0671 e. The Morgan fingerprint density at radius 2 is 2.15 bits per heavy atom. The summed E-state index contributed by atoms with van der Waals surface area (Å²) in [6.45, 7) is 2.24. The summed E-state index contributed by atoms with van der Waals surface area (Å²) < 4.78 is 0. The van der Waals surface area contributed by atoms with Gasteiger partial charge in [0.2, 0.25) is 0 Å². The molecule has 0 radical (unpaired) electrons. The Balaban J connectivity index is 1.92. The van der Waals surface area contributed by atoms with Gasteiger partial charge in [-0.25, -0.2) is 0 Å². The first-order valence-electron chi connectivity index (χ1n) is 7.67. The summed E-state index contributed by atoms with van der Waals surface area (Å²) in [5.74, 6) is 0.807. The highest BCUT2D eigenvalue weighted by Crippen LogP contribution is 2.38. The molecule has 1 unspecified atom stereocenters. The van der Waals surface area contributed by atoms with Crippen molar-refractivity contribution in [2.75, 3.05) is 7.05 Å². The van der Waals surface area contributed by atoms with Crippen molar-refractivity contribution < 1.29 is 0 Å². The molecule has 1 aromatic heterocycles. The van der Waals surface area contributed by atoms with Gasteiger partial charge in [0.05, 0.1) is 6.04 Å². The minimum atomic E-state index is 0.338. The Kier molecular flexibility index (Phi) is 4.23. The van der Waals surface area contributed by atoms with Crippen molar-refractivity contribution in [3.8, 4) is 0 Å². The Bertz CT molecular complexity index is 568. The molecule has 1 saturated carbocycles. The molecule has 2 heteroatoms. The number of aryl methyl sites for hydroxylation is 1. The van der Waals surface area contributed by atoms with Gasteiger partial charge in [0, 0.05) is 4.88 Å². The third kappa shape index (κ3) is 2.55. The highest BCUT2D eigenvalue weighted by molar-refractivity contribution is 7.10. The van der Waals surface area contributed by atoms with Crippen molar-refractivity contribution in [2.24, 2.45) is 0 Å². The third-order valence-corrected chi connectivity index (χ3v) is 5.56. The Morgan fingerprint density at radius 3 is 2.80 bits per heavy atom. The van der Waals surface area contributed by atoms with Gasteiger partial charge in [0.1, 0.15) is 0 Å². The van der Waals surface area contributed by atoms with E-state index in [2.05, 4.69) is 55.0 Å². The van der Waals surface area contributed by atoms with E-state index in [-0.39, 0.29) is 0 Å². The normalized spacial score (nSPS) is 16.9. The van der Waals surface area contributed by atoms with Crippen molar-refractivity contribution in [3.05, 3.63) is 57.3 Å². The van der Waals surface area contributed by atoms with Crippen LogP contribution in [0.5, 0.6) is 0 Å². The van der Waals surface area contributed by atoms with Crippen LogP contribution in [-0.4, -0.2) is 7.05 Å². The quantitative estimate of drug-likeness (QED) is 0.825. The highest BCUT2D eigenvalue weighted by atomic mass is 32.1. The minimum absolute atomic E-state index is 0.338. The van der Waals surface area contributed by atoms with E-state index in [1.54, 1.807) is 0 Å². The standard InChI is InChI=1S/C18H23NS/c1-3-13-10-11-20-18(13)17(19-2)16-9-5-8-15(12-16)14-6-4-7-14/h5,8-12,14,17,19H,3-4,6-7H2,1-2H3. The second kappa shape index (κ2) is 6.11. The molecule has 0 aliphatic heterocycles. The van der Waals surface area contributed by atoms with E-state index in [9.17, 15) is 0 Å². The Labute approximate surface area is 126 Å². The molecule has 0 spiro atoms. The van der Waals surface area contributed by atoms with Gasteiger partial charge in [-0.2, -0.15) is 0 Å². The van der Waals surface area contributed by atoms with Crippen LogP contribution < -0.4 is 5.32 Å². The van der Waals surface area contributed by atoms with Crippen LogP contribution in [0.25, 0.3) is 0 Å². The predicted molar refractivity (Wildman–Crippen MR) is 87.6 cm³/mol. The molecule has 0 bridgehead atoms. The van der Waals surface area contributed by atoms with Crippen LogP contribution >= 0.6 is 11.3 Å². The van der Waals surface area contributed by atoms with E-state index >= 15 is 0 Å². The van der Waals surface area contributed by atoms with Crippen LogP contribution in [0.2, 0.25) is 0 Å². The van der Waals surface area contributed by atoms with Crippen LogP contribution in [0.4, 0.5) is 0 Å². The van der Waals surface area contributed by atoms with Crippen molar-refractivity contribution in [1.82, 2.24) is 5.32 Å². The predicted octanol–water partition coefficient (Wildman–Crippen LogP) is 4.89. The molecule has 20 heavy (non-hydrogen) atoms. The molecule has 1 nitrogen and oxygen atoms in total. The zero-order valence-corrected chi connectivity index (χ0v) is 13.2. The van der Waals surface area contributed by atoms with Gasteiger partial charge in [0.25, 0.3) is 0 Å². The molecule has 1 heterocycles. The molecule has 2 aromatic rings. The topological polar surface area (TPSA) is 12.0 Å². The van der Waals surface area contributed by atoms with Gasteiger partial charge in [-0.15, -0.1) is 11.3 Å². The van der Waals surface area contributed by atoms with Gasteiger partial charge in [-0.1, -0.05) is 37.6 Å². The average molecular weight is 285 g/mol. The van der Waals surface area contributed by atoms with Crippen molar-refractivity contribution in [2.45, 2.75) is 44.6 Å². The van der Waals surface area contributed by atoms with Crippen LogP contribution in [-0.2, 0) is 6.42 Å². The largest absolute Gasteiger partial charge is 0.309 e. The zero-order valence-electron chi connectivity index (χ0n) is 12.4. The summed E-state index contributed by atoms with van der Waals surface area (Å²) in [5, 5.41) is 5.72. The molecule has 106 valence electrons. The summed E-state index contributed by atoms with van der Waals surface area (Å²) in [7, 11) is 2.07. The van der Waals surface area contributed by atoms with Gasteiger partial charge in [0.15, 0.2) is 0 Å². The summed E-state index contributed by atoms with van der Waals surface area (Å²) >= 11 is 1.87. The lowest BCUT2D eigenvalue weighted by atomic mass is 9.79. The van der Waals surface area contributed by atoms with E-state index < -0.39 is 0 Å². The maximum atomic E-state index is 3.51. The minimum Gasteiger partial charge on any atom is -0.309 e.